The Bertz CT molecular complexity index is 868. The summed E-state index contributed by atoms with van der Waals surface area (Å²) in [5.41, 5.74) is 1.50. The van der Waals surface area contributed by atoms with E-state index in [2.05, 4.69) is 20.6 Å². The molecule has 0 fully saturated rings. The number of rotatable bonds is 7. The van der Waals surface area contributed by atoms with Crippen molar-refractivity contribution in [3.63, 3.8) is 0 Å². The van der Waals surface area contributed by atoms with E-state index in [1.807, 2.05) is 0 Å². The predicted molar refractivity (Wildman–Crippen MR) is 99.5 cm³/mol. The van der Waals surface area contributed by atoms with Crippen molar-refractivity contribution in [2.24, 2.45) is 0 Å². The number of alkyl halides is 2. The van der Waals surface area contributed by atoms with Crippen molar-refractivity contribution in [1.29, 1.82) is 0 Å². The first kappa shape index (κ1) is 21.2. The van der Waals surface area contributed by atoms with Crippen LogP contribution in [-0.2, 0) is 4.79 Å². The Hall–Kier alpha value is -3.10. The summed E-state index contributed by atoms with van der Waals surface area (Å²) < 4.78 is 30.8. The number of nitrogens with zero attached hydrogens (tertiary/aromatic N) is 2. The fourth-order valence-electron chi connectivity index (χ4n) is 2.36. The van der Waals surface area contributed by atoms with Gasteiger partial charge in [0.1, 0.15) is 5.82 Å². The first-order chi connectivity index (χ1) is 13.0. The van der Waals surface area contributed by atoms with Crippen LogP contribution in [0.25, 0.3) is 0 Å². The van der Waals surface area contributed by atoms with Gasteiger partial charge in [-0.2, -0.15) is 0 Å². The number of carbonyl (C=O) groups excluding carboxylic acids is 2. The quantitative estimate of drug-likeness (QED) is 0.754. The van der Waals surface area contributed by atoms with E-state index in [0.717, 1.165) is 12.5 Å². The fraction of sp³-hybridized carbons (Fsp3) is 0.368. The van der Waals surface area contributed by atoms with Gasteiger partial charge in [0.15, 0.2) is 6.61 Å². The van der Waals surface area contributed by atoms with Crippen molar-refractivity contribution < 1.29 is 23.1 Å². The molecular formula is C19H22F2N4O3. The van der Waals surface area contributed by atoms with Crippen molar-refractivity contribution in [2.45, 2.75) is 39.7 Å². The molecule has 0 aliphatic carbocycles. The molecule has 0 spiro atoms. The van der Waals surface area contributed by atoms with Crippen LogP contribution in [0.2, 0.25) is 0 Å². The molecule has 2 amide bonds. The molecule has 7 nitrogen and oxygen atoms in total. The lowest BCUT2D eigenvalue weighted by Crippen LogP contribution is -2.27. The largest absolute Gasteiger partial charge is 0.471 e. The second-order valence-corrected chi connectivity index (χ2v) is 6.56. The number of anilines is 1. The van der Waals surface area contributed by atoms with Gasteiger partial charge in [0, 0.05) is 31.8 Å². The lowest BCUT2D eigenvalue weighted by atomic mass is 10.1. The number of hydrogen-bond donors (Lipinski definition) is 2. The summed E-state index contributed by atoms with van der Waals surface area (Å²) in [6.45, 7) is 4.75. The molecule has 0 aliphatic rings. The van der Waals surface area contributed by atoms with Crippen molar-refractivity contribution in [3.05, 3.63) is 47.3 Å². The molecule has 1 unspecified atom stereocenters. The molecule has 1 atom stereocenters. The summed E-state index contributed by atoms with van der Waals surface area (Å²) >= 11 is 0. The number of amides is 2. The summed E-state index contributed by atoms with van der Waals surface area (Å²) in [5.74, 6) is -3.15. The molecule has 2 heterocycles. The van der Waals surface area contributed by atoms with E-state index in [0.29, 0.717) is 11.4 Å². The van der Waals surface area contributed by atoms with Crippen LogP contribution in [0.15, 0.2) is 30.6 Å². The van der Waals surface area contributed by atoms with Crippen LogP contribution in [0.5, 0.6) is 5.88 Å². The number of pyridine rings is 2. The van der Waals surface area contributed by atoms with Crippen LogP contribution >= 0.6 is 0 Å². The van der Waals surface area contributed by atoms with E-state index in [1.54, 1.807) is 26.0 Å². The molecule has 9 heteroatoms. The van der Waals surface area contributed by atoms with Gasteiger partial charge < -0.3 is 15.4 Å². The maximum Gasteiger partial charge on any atom is 0.278 e. The van der Waals surface area contributed by atoms with Crippen LogP contribution < -0.4 is 15.4 Å². The van der Waals surface area contributed by atoms with Gasteiger partial charge in [-0.05, 0) is 37.6 Å². The average Bonchev–Trinajstić information content (AvgIpc) is 2.59. The van der Waals surface area contributed by atoms with Gasteiger partial charge in [-0.15, -0.1) is 0 Å². The number of nitrogens with one attached hydrogen (secondary N) is 2. The Morgan fingerprint density at radius 1 is 1.29 bits per heavy atom. The Balaban J connectivity index is 2.06. The minimum atomic E-state index is -2.97. The Labute approximate surface area is 161 Å². The highest BCUT2D eigenvalue weighted by Crippen LogP contribution is 2.20. The summed E-state index contributed by atoms with van der Waals surface area (Å²) in [6.07, 6.45) is 2.80. The molecule has 0 aromatic carbocycles. The van der Waals surface area contributed by atoms with Gasteiger partial charge in [0.2, 0.25) is 11.8 Å². The van der Waals surface area contributed by atoms with Crippen LogP contribution in [0.3, 0.4) is 0 Å². The van der Waals surface area contributed by atoms with E-state index >= 15 is 0 Å². The summed E-state index contributed by atoms with van der Waals surface area (Å²) in [6, 6.07) is 4.55. The van der Waals surface area contributed by atoms with E-state index in [-0.39, 0.29) is 29.3 Å². The molecule has 0 aliphatic heterocycles. The minimum Gasteiger partial charge on any atom is -0.471 e. The monoisotopic (exact) mass is 392 g/mol. The summed E-state index contributed by atoms with van der Waals surface area (Å²) in [4.78, 5) is 31.6. The third-order valence-corrected chi connectivity index (χ3v) is 3.69. The highest BCUT2D eigenvalue weighted by Gasteiger charge is 2.23. The second-order valence-electron chi connectivity index (χ2n) is 6.56. The van der Waals surface area contributed by atoms with Crippen LogP contribution in [-0.4, -0.2) is 34.3 Å². The molecule has 2 rings (SSSR count). The van der Waals surface area contributed by atoms with Crippen LogP contribution in [0.4, 0.5) is 14.6 Å². The molecule has 2 aromatic heterocycles. The molecular weight excluding hydrogens is 370 g/mol. The molecule has 0 saturated carbocycles. The molecule has 2 N–H and O–H groups in total. The molecule has 150 valence electrons. The second kappa shape index (κ2) is 8.73. The number of hydrogen-bond acceptors (Lipinski definition) is 5. The average molecular weight is 392 g/mol. The summed E-state index contributed by atoms with van der Waals surface area (Å²) in [5, 5.41) is 5.40. The molecule has 28 heavy (non-hydrogen) atoms. The van der Waals surface area contributed by atoms with Crippen molar-refractivity contribution in [1.82, 2.24) is 15.3 Å². The van der Waals surface area contributed by atoms with E-state index in [4.69, 9.17) is 4.74 Å². The molecule has 0 radical (unpaired) electrons. The van der Waals surface area contributed by atoms with Gasteiger partial charge in [-0.3, -0.25) is 9.59 Å². The molecule has 0 saturated heterocycles. The maximum absolute atomic E-state index is 12.9. The Morgan fingerprint density at radius 3 is 2.61 bits per heavy atom. The van der Waals surface area contributed by atoms with Gasteiger partial charge >= 0.3 is 0 Å². The maximum atomic E-state index is 12.9. The van der Waals surface area contributed by atoms with Gasteiger partial charge in [0.05, 0.1) is 11.6 Å². The van der Waals surface area contributed by atoms with Crippen molar-refractivity contribution in [2.75, 3.05) is 11.9 Å². The van der Waals surface area contributed by atoms with Crippen molar-refractivity contribution >= 4 is 17.6 Å². The highest BCUT2D eigenvalue weighted by molar-refractivity contribution is 5.94. The number of aryl methyl sites for hydroxylation is 1. The lowest BCUT2D eigenvalue weighted by Gasteiger charge is -2.16. The van der Waals surface area contributed by atoms with E-state index in [1.165, 1.54) is 25.4 Å². The summed E-state index contributed by atoms with van der Waals surface area (Å²) in [7, 11) is 0. The topological polar surface area (TPSA) is 93.2 Å². The zero-order valence-corrected chi connectivity index (χ0v) is 16.0. The number of halogens is 2. The Morgan fingerprint density at radius 2 is 2.00 bits per heavy atom. The minimum absolute atomic E-state index is 0.0557. The van der Waals surface area contributed by atoms with Crippen LogP contribution in [0, 0.1) is 6.92 Å². The zero-order valence-electron chi connectivity index (χ0n) is 16.0. The normalized spacial score (nSPS) is 12.2. The number of carbonyl (C=O) groups is 2. The zero-order chi connectivity index (χ0) is 20.9. The predicted octanol–water partition coefficient (Wildman–Crippen LogP) is 3.27. The fourth-order valence-corrected chi connectivity index (χ4v) is 2.36. The highest BCUT2D eigenvalue weighted by atomic mass is 19.3. The van der Waals surface area contributed by atoms with Crippen LogP contribution in [0.1, 0.15) is 48.3 Å². The standard InChI is InChI=1S/C19H22F2N4O3/c1-11-7-15(9-23-18(11)28-10-19(4,20)21)17(27)24-12(2)14-5-6-22-16(8-14)25-13(3)26/h5-9,12H,10H2,1-4H3,(H,24,27)(H,22,25,26). The van der Waals surface area contributed by atoms with Crippen molar-refractivity contribution in [3.8, 4) is 5.88 Å². The van der Waals surface area contributed by atoms with E-state index < -0.39 is 12.5 Å². The SMILES string of the molecule is CC(=O)Nc1cc(C(C)NC(=O)c2cnc(OCC(C)(F)F)c(C)c2)ccn1. The first-order valence-electron chi connectivity index (χ1n) is 8.57. The molecule has 0 bridgehead atoms. The Kier molecular flexibility index (Phi) is 6.61. The smallest absolute Gasteiger partial charge is 0.278 e. The van der Waals surface area contributed by atoms with Gasteiger partial charge in [-0.25, -0.2) is 18.7 Å². The van der Waals surface area contributed by atoms with E-state index in [9.17, 15) is 18.4 Å². The lowest BCUT2D eigenvalue weighted by molar-refractivity contribution is -0.114. The third kappa shape index (κ3) is 6.26. The van der Waals surface area contributed by atoms with Gasteiger partial charge in [0.25, 0.3) is 11.8 Å². The molecule has 2 aromatic rings. The third-order valence-electron chi connectivity index (χ3n) is 3.69. The first-order valence-corrected chi connectivity index (χ1v) is 8.57. The van der Waals surface area contributed by atoms with Gasteiger partial charge in [-0.1, -0.05) is 0 Å². The number of aromatic nitrogens is 2. The number of ether oxygens (including phenoxy) is 1.